The van der Waals surface area contributed by atoms with Crippen molar-refractivity contribution in [1.82, 2.24) is 4.90 Å². The van der Waals surface area contributed by atoms with E-state index in [9.17, 15) is 9.59 Å². The zero-order valence-electron chi connectivity index (χ0n) is 13.1. The Morgan fingerprint density at radius 2 is 2.00 bits per heavy atom. The number of carbonyl (C=O) groups excluding carboxylic acids is 2. The standard InChI is InChI=1S/C16H23NO3S/c1-5-9-17(11-15(18)20-6-2)16(19)14-10-13(21-4)8-7-12(14)3/h7-8,10H,5-6,9,11H2,1-4H3. The Morgan fingerprint density at radius 3 is 2.57 bits per heavy atom. The molecule has 5 heteroatoms. The first kappa shape index (κ1) is 17.6. The van der Waals surface area contributed by atoms with E-state index in [1.807, 2.05) is 38.3 Å². The van der Waals surface area contributed by atoms with Gasteiger partial charge in [0.2, 0.25) is 0 Å². The average molecular weight is 309 g/mol. The first-order valence-electron chi connectivity index (χ1n) is 7.13. The van der Waals surface area contributed by atoms with Crippen molar-refractivity contribution in [3.63, 3.8) is 0 Å². The zero-order chi connectivity index (χ0) is 15.8. The number of ether oxygens (including phenoxy) is 1. The Hall–Kier alpha value is -1.49. The lowest BCUT2D eigenvalue weighted by Crippen LogP contribution is -2.37. The summed E-state index contributed by atoms with van der Waals surface area (Å²) < 4.78 is 4.94. The van der Waals surface area contributed by atoms with E-state index in [1.54, 1.807) is 23.6 Å². The molecular formula is C16H23NO3S. The van der Waals surface area contributed by atoms with Gasteiger partial charge in [0.25, 0.3) is 5.91 Å². The minimum atomic E-state index is -0.363. The van der Waals surface area contributed by atoms with Gasteiger partial charge in [-0.15, -0.1) is 11.8 Å². The number of nitrogens with zero attached hydrogens (tertiary/aromatic N) is 1. The number of rotatable bonds is 7. The summed E-state index contributed by atoms with van der Waals surface area (Å²) in [6, 6.07) is 5.82. The van der Waals surface area contributed by atoms with Crippen LogP contribution in [-0.2, 0) is 9.53 Å². The number of esters is 1. The maximum Gasteiger partial charge on any atom is 0.325 e. The molecule has 21 heavy (non-hydrogen) atoms. The molecule has 0 saturated heterocycles. The van der Waals surface area contributed by atoms with Gasteiger partial charge in [-0.1, -0.05) is 13.0 Å². The molecule has 1 amide bonds. The van der Waals surface area contributed by atoms with Crippen molar-refractivity contribution < 1.29 is 14.3 Å². The van der Waals surface area contributed by atoms with Gasteiger partial charge in [0, 0.05) is 17.0 Å². The molecule has 1 rings (SSSR count). The molecule has 0 aliphatic carbocycles. The van der Waals surface area contributed by atoms with Crippen molar-refractivity contribution in [1.29, 1.82) is 0 Å². The number of benzene rings is 1. The molecule has 1 aromatic rings. The summed E-state index contributed by atoms with van der Waals surface area (Å²) >= 11 is 1.59. The van der Waals surface area contributed by atoms with E-state index >= 15 is 0 Å². The number of carbonyl (C=O) groups is 2. The van der Waals surface area contributed by atoms with Crippen LogP contribution in [-0.4, -0.2) is 42.7 Å². The highest BCUT2D eigenvalue weighted by Gasteiger charge is 2.20. The molecular weight excluding hydrogens is 286 g/mol. The lowest BCUT2D eigenvalue weighted by molar-refractivity contribution is -0.143. The fourth-order valence-electron chi connectivity index (χ4n) is 2.01. The van der Waals surface area contributed by atoms with E-state index in [2.05, 4.69) is 0 Å². The van der Waals surface area contributed by atoms with Crippen LogP contribution in [0.15, 0.2) is 23.1 Å². The van der Waals surface area contributed by atoms with Gasteiger partial charge < -0.3 is 9.64 Å². The van der Waals surface area contributed by atoms with E-state index in [-0.39, 0.29) is 18.4 Å². The second kappa shape index (κ2) is 8.72. The summed E-state index contributed by atoms with van der Waals surface area (Å²) in [6.07, 6.45) is 2.77. The van der Waals surface area contributed by atoms with E-state index in [4.69, 9.17) is 4.74 Å². The Labute approximate surface area is 130 Å². The molecule has 0 aliphatic rings. The minimum absolute atomic E-state index is 0.00342. The fourth-order valence-corrected chi connectivity index (χ4v) is 2.45. The molecule has 116 valence electrons. The molecule has 0 atom stereocenters. The molecule has 4 nitrogen and oxygen atoms in total. The average Bonchev–Trinajstić information content (AvgIpc) is 2.47. The summed E-state index contributed by atoms with van der Waals surface area (Å²) in [5, 5.41) is 0. The van der Waals surface area contributed by atoms with E-state index in [0.29, 0.717) is 18.7 Å². The summed E-state index contributed by atoms with van der Waals surface area (Å²) in [7, 11) is 0. The third kappa shape index (κ3) is 5.08. The predicted octanol–water partition coefficient (Wildman–Crippen LogP) is 3.13. The van der Waals surface area contributed by atoms with Crippen molar-refractivity contribution in [3.05, 3.63) is 29.3 Å². The lowest BCUT2D eigenvalue weighted by Gasteiger charge is -2.22. The van der Waals surface area contributed by atoms with Gasteiger partial charge in [-0.3, -0.25) is 9.59 Å². The molecule has 0 unspecified atom stereocenters. The summed E-state index contributed by atoms with van der Waals surface area (Å²) in [5.74, 6) is -0.476. The maximum atomic E-state index is 12.7. The highest BCUT2D eigenvalue weighted by atomic mass is 32.2. The number of aryl methyl sites for hydroxylation is 1. The van der Waals surface area contributed by atoms with E-state index < -0.39 is 0 Å². The molecule has 0 N–H and O–H groups in total. The number of amides is 1. The van der Waals surface area contributed by atoms with Crippen molar-refractivity contribution >= 4 is 23.6 Å². The van der Waals surface area contributed by atoms with Crippen LogP contribution in [0.4, 0.5) is 0 Å². The van der Waals surface area contributed by atoms with Crippen LogP contribution in [0.2, 0.25) is 0 Å². The van der Waals surface area contributed by atoms with Gasteiger partial charge in [-0.2, -0.15) is 0 Å². The molecule has 0 bridgehead atoms. The second-order valence-corrected chi connectivity index (χ2v) is 5.59. The molecule has 0 heterocycles. The van der Waals surface area contributed by atoms with Crippen molar-refractivity contribution in [2.75, 3.05) is 26.0 Å². The smallest absolute Gasteiger partial charge is 0.325 e. The van der Waals surface area contributed by atoms with Gasteiger partial charge in [-0.25, -0.2) is 0 Å². The summed E-state index contributed by atoms with van der Waals surface area (Å²) in [5.41, 5.74) is 1.57. The van der Waals surface area contributed by atoms with Gasteiger partial charge in [0.05, 0.1) is 6.61 Å². The Morgan fingerprint density at radius 1 is 1.29 bits per heavy atom. The van der Waals surface area contributed by atoms with Gasteiger partial charge >= 0.3 is 5.97 Å². The fraction of sp³-hybridized carbons (Fsp3) is 0.500. The van der Waals surface area contributed by atoms with Crippen molar-refractivity contribution in [3.8, 4) is 0 Å². The zero-order valence-corrected chi connectivity index (χ0v) is 14.0. The predicted molar refractivity (Wildman–Crippen MR) is 85.8 cm³/mol. The van der Waals surface area contributed by atoms with Crippen LogP contribution in [0.3, 0.4) is 0 Å². The Balaban J connectivity index is 2.97. The lowest BCUT2D eigenvalue weighted by atomic mass is 10.1. The van der Waals surface area contributed by atoms with E-state index in [0.717, 1.165) is 16.9 Å². The van der Waals surface area contributed by atoms with Crippen LogP contribution in [0.1, 0.15) is 36.2 Å². The molecule has 0 radical (unpaired) electrons. The van der Waals surface area contributed by atoms with Gasteiger partial charge in [0.1, 0.15) is 6.54 Å². The molecule has 0 aliphatic heterocycles. The monoisotopic (exact) mass is 309 g/mol. The molecule has 0 spiro atoms. The Kier molecular flexibility index (Phi) is 7.29. The van der Waals surface area contributed by atoms with E-state index in [1.165, 1.54) is 0 Å². The van der Waals surface area contributed by atoms with Crippen molar-refractivity contribution in [2.24, 2.45) is 0 Å². The molecule has 0 aromatic heterocycles. The number of hydrogen-bond donors (Lipinski definition) is 0. The normalized spacial score (nSPS) is 10.3. The van der Waals surface area contributed by atoms with Gasteiger partial charge in [0.15, 0.2) is 0 Å². The summed E-state index contributed by atoms with van der Waals surface area (Å²) in [6.45, 7) is 6.52. The third-order valence-corrected chi connectivity index (χ3v) is 3.81. The van der Waals surface area contributed by atoms with Gasteiger partial charge in [-0.05, 0) is 44.2 Å². The quantitative estimate of drug-likeness (QED) is 0.573. The minimum Gasteiger partial charge on any atom is -0.465 e. The van der Waals surface area contributed by atoms with Crippen LogP contribution in [0, 0.1) is 6.92 Å². The first-order chi connectivity index (χ1) is 10.0. The first-order valence-corrected chi connectivity index (χ1v) is 8.35. The Bertz CT molecular complexity index is 502. The number of thioether (sulfide) groups is 1. The topological polar surface area (TPSA) is 46.6 Å². The second-order valence-electron chi connectivity index (χ2n) is 4.71. The molecule has 0 saturated carbocycles. The number of hydrogen-bond acceptors (Lipinski definition) is 4. The highest BCUT2D eigenvalue weighted by molar-refractivity contribution is 7.98. The highest BCUT2D eigenvalue weighted by Crippen LogP contribution is 2.20. The van der Waals surface area contributed by atoms with Crippen molar-refractivity contribution in [2.45, 2.75) is 32.1 Å². The van der Waals surface area contributed by atoms with Crippen LogP contribution >= 0.6 is 11.8 Å². The largest absolute Gasteiger partial charge is 0.465 e. The summed E-state index contributed by atoms with van der Waals surface area (Å²) in [4.78, 5) is 26.9. The molecule has 1 aromatic carbocycles. The van der Waals surface area contributed by atoms with Crippen LogP contribution < -0.4 is 0 Å². The SMILES string of the molecule is CCCN(CC(=O)OCC)C(=O)c1cc(SC)ccc1C. The van der Waals surface area contributed by atoms with Crippen LogP contribution in [0.5, 0.6) is 0 Å². The molecule has 0 fully saturated rings. The third-order valence-electron chi connectivity index (χ3n) is 3.08. The van der Waals surface area contributed by atoms with Crippen LogP contribution in [0.25, 0.3) is 0 Å². The maximum absolute atomic E-state index is 12.7.